The third-order valence-corrected chi connectivity index (χ3v) is 3.19. The number of halogens is 2. The third-order valence-electron chi connectivity index (χ3n) is 3.19. The van der Waals surface area contributed by atoms with E-state index >= 15 is 0 Å². The van der Waals surface area contributed by atoms with Gasteiger partial charge in [0.1, 0.15) is 5.82 Å². The molecule has 0 saturated heterocycles. The maximum Gasteiger partial charge on any atom is 0.304 e. The molecule has 0 heterocycles. The number of hydrogen-bond donors (Lipinski definition) is 1. The van der Waals surface area contributed by atoms with Gasteiger partial charge in [0, 0.05) is 18.7 Å². The minimum Gasteiger partial charge on any atom is -0.306 e. The van der Waals surface area contributed by atoms with Gasteiger partial charge in [0.25, 0.3) is 0 Å². The summed E-state index contributed by atoms with van der Waals surface area (Å²) in [7, 11) is 0. The summed E-state index contributed by atoms with van der Waals surface area (Å²) in [4.78, 5) is 9.77. The van der Waals surface area contributed by atoms with Crippen molar-refractivity contribution < 1.29 is 13.7 Å². The van der Waals surface area contributed by atoms with Crippen LogP contribution in [-0.2, 0) is 6.54 Å². The van der Waals surface area contributed by atoms with Gasteiger partial charge in [-0.2, -0.15) is 4.39 Å². The van der Waals surface area contributed by atoms with E-state index in [4.69, 9.17) is 0 Å². The van der Waals surface area contributed by atoms with E-state index in [1.165, 1.54) is 18.2 Å². The molecule has 0 aliphatic carbocycles. The van der Waals surface area contributed by atoms with E-state index in [2.05, 4.69) is 5.32 Å². The second kappa shape index (κ2) is 6.41. The van der Waals surface area contributed by atoms with E-state index in [1.54, 1.807) is 12.1 Å². The van der Waals surface area contributed by atoms with E-state index in [0.717, 1.165) is 17.7 Å². The Kier molecular flexibility index (Phi) is 4.59. The van der Waals surface area contributed by atoms with Crippen LogP contribution < -0.4 is 5.32 Å². The Morgan fingerprint density at radius 1 is 1.19 bits per heavy atom. The van der Waals surface area contributed by atoms with Gasteiger partial charge in [-0.1, -0.05) is 18.2 Å². The molecule has 4 nitrogen and oxygen atoms in total. The fraction of sp³-hybridized carbons (Fsp3) is 0.200. The van der Waals surface area contributed by atoms with E-state index in [-0.39, 0.29) is 11.9 Å². The lowest BCUT2D eigenvalue weighted by atomic mass is 10.1. The van der Waals surface area contributed by atoms with E-state index < -0.39 is 16.4 Å². The van der Waals surface area contributed by atoms with E-state index in [9.17, 15) is 18.9 Å². The second-order valence-corrected chi connectivity index (χ2v) is 4.70. The first-order chi connectivity index (χ1) is 9.97. The molecule has 110 valence electrons. The zero-order chi connectivity index (χ0) is 15.4. The molecular formula is C15H14F2N2O2. The smallest absolute Gasteiger partial charge is 0.304 e. The Labute approximate surface area is 120 Å². The molecular weight excluding hydrogens is 278 g/mol. The molecule has 0 aromatic heterocycles. The van der Waals surface area contributed by atoms with Crippen LogP contribution in [-0.4, -0.2) is 4.92 Å². The molecule has 6 heteroatoms. The normalized spacial score (nSPS) is 12.1. The Balaban J connectivity index is 2.01. The number of benzene rings is 2. The molecule has 0 radical (unpaired) electrons. The lowest BCUT2D eigenvalue weighted by Gasteiger charge is -2.14. The Morgan fingerprint density at radius 2 is 1.86 bits per heavy atom. The second-order valence-electron chi connectivity index (χ2n) is 4.70. The number of nitro benzene ring substituents is 1. The average molecular weight is 292 g/mol. The standard InChI is InChI=1S/C15H14F2N2O2/c1-10(12-3-5-13(16)6-4-12)18-9-11-2-7-15(19(20)21)14(17)8-11/h2-8,10,18H,9H2,1H3. The fourth-order valence-corrected chi connectivity index (χ4v) is 1.95. The molecule has 21 heavy (non-hydrogen) atoms. The van der Waals surface area contributed by atoms with Gasteiger partial charge in [-0.3, -0.25) is 10.1 Å². The summed E-state index contributed by atoms with van der Waals surface area (Å²) in [6, 6.07) is 9.83. The number of hydrogen-bond acceptors (Lipinski definition) is 3. The molecule has 1 unspecified atom stereocenters. The number of nitrogens with zero attached hydrogens (tertiary/aromatic N) is 1. The number of rotatable bonds is 5. The van der Waals surface area contributed by atoms with Crippen molar-refractivity contribution in [1.82, 2.24) is 5.32 Å². The summed E-state index contributed by atoms with van der Waals surface area (Å²) in [5.74, 6) is -1.16. The minimum atomic E-state index is -0.853. The first-order valence-electron chi connectivity index (χ1n) is 6.39. The van der Waals surface area contributed by atoms with Crippen molar-refractivity contribution in [3.05, 3.63) is 75.3 Å². The van der Waals surface area contributed by atoms with Gasteiger partial charge in [0.15, 0.2) is 0 Å². The van der Waals surface area contributed by atoms with Crippen molar-refractivity contribution in [3.63, 3.8) is 0 Å². The molecule has 0 aliphatic heterocycles. The molecule has 2 rings (SSSR count). The van der Waals surface area contributed by atoms with Crippen LogP contribution in [0.15, 0.2) is 42.5 Å². The highest BCUT2D eigenvalue weighted by atomic mass is 19.1. The maximum atomic E-state index is 13.5. The van der Waals surface area contributed by atoms with Crippen LogP contribution in [0.3, 0.4) is 0 Å². The summed E-state index contributed by atoms with van der Waals surface area (Å²) in [6.45, 7) is 2.25. The first-order valence-corrected chi connectivity index (χ1v) is 6.39. The molecule has 0 spiro atoms. The zero-order valence-electron chi connectivity index (χ0n) is 11.3. The van der Waals surface area contributed by atoms with Gasteiger partial charge < -0.3 is 5.32 Å². The van der Waals surface area contributed by atoms with Gasteiger partial charge in [0.2, 0.25) is 5.82 Å². The van der Waals surface area contributed by atoms with Crippen molar-refractivity contribution in [2.45, 2.75) is 19.5 Å². The predicted molar refractivity (Wildman–Crippen MR) is 74.7 cm³/mol. The maximum absolute atomic E-state index is 13.5. The van der Waals surface area contributed by atoms with Crippen LogP contribution in [0, 0.1) is 21.7 Å². The monoisotopic (exact) mass is 292 g/mol. The highest BCUT2D eigenvalue weighted by molar-refractivity contribution is 5.35. The third kappa shape index (κ3) is 3.82. The van der Waals surface area contributed by atoms with Crippen LogP contribution in [0.1, 0.15) is 24.1 Å². The van der Waals surface area contributed by atoms with Crippen LogP contribution in [0.25, 0.3) is 0 Å². The highest BCUT2D eigenvalue weighted by Gasteiger charge is 2.14. The van der Waals surface area contributed by atoms with Crippen LogP contribution >= 0.6 is 0 Å². The van der Waals surface area contributed by atoms with Gasteiger partial charge in [0.05, 0.1) is 4.92 Å². The molecule has 1 atom stereocenters. The van der Waals surface area contributed by atoms with Gasteiger partial charge in [-0.15, -0.1) is 0 Å². The van der Waals surface area contributed by atoms with Gasteiger partial charge in [-0.25, -0.2) is 4.39 Å². The Bertz CT molecular complexity index is 645. The number of nitrogens with one attached hydrogen (secondary N) is 1. The van der Waals surface area contributed by atoms with Crippen molar-refractivity contribution in [2.75, 3.05) is 0 Å². The molecule has 0 amide bonds. The lowest BCUT2D eigenvalue weighted by molar-refractivity contribution is -0.387. The molecule has 0 saturated carbocycles. The van der Waals surface area contributed by atoms with Gasteiger partial charge >= 0.3 is 5.69 Å². The molecule has 2 aromatic rings. The largest absolute Gasteiger partial charge is 0.306 e. The molecule has 0 fully saturated rings. The lowest BCUT2D eigenvalue weighted by Crippen LogP contribution is -2.18. The van der Waals surface area contributed by atoms with Crippen LogP contribution in [0.5, 0.6) is 0 Å². The van der Waals surface area contributed by atoms with E-state index in [1.807, 2.05) is 6.92 Å². The molecule has 0 bridgehead atoms. The van der Waals surface area contributed by atoms with Crippen molar-refractivity contribution >= 4 is 5.69 Å². The molecule has 0 aliphatic rings. The average Bonchev–Trinajstić information content (AvgIpc) is 2.45. The summed E-state index contributed by atoms with van der Waals surface area (Å²) in [5, 5.41) is 13.7. The first kappa shape index (κ1) is 15.1. The molecule has 2 aromatic carbocycles. The highest BCUT2D eigenvalue weighted by Crippen LogP contribution is 2.19. The van der Waals surface area contributed by atoms with Crippen molar-refractivity contribution in [3.8, 4) is 0 Å². The number of nitro groups is 1. The predicted octanol–water partition coefficient (Wildman–Crippen LogP) is 3.72. The van der Waals surface area contributed by atoms with Crippen LogP contribution in [0.4, 0.5) is 14.5 Å². The summed E-state index contributed by atoms with van der Waals surface area (Å²) in [5.41, 5.74) is 0.969. The van der Waals surface area contributed by atoms with E-state index in [0.29, 0.717) is 12.1 Å². The Morgan fingerprint density at radius 3 is 2.43 bits per heavy atom. The molecule has 1 N–H and O–H groups in total. The van der Waals surface area contributed by atoms with Gasteiger partial charge in [-0.05, 0) is 36.2 Å². The topological polar surface area (TPSA) is 55.2 Å². The quantitative estimate of drug-likeness (QED) is 0.675. The summed E-state index contributed by atoms with van der Waals surface area (Å²) < 4.78 is 26.3. The summed E-state index contributed by atoms with van der Waals surface area (Å²) >= 11 is 0. The minimum absolute atomic E-state index is 0.0520. The SMILES string of the molecule is CC(NCc1ccc([N+](=O)[O-])c(F)c1)c1ccc(F)cc1. The fourth-order valence-electron chi connectivity index (χ4n) is 1.95. The van der Waals surface area contributed by atoms with Crippen molar-refractivity contribution in [1.29, 1.82) is 0 Å². The Hall–Kier alpha value is -2.34. The summed E-state index contributed by atoms with van der Waals surface area (Å²) in [6.07, 6.45) is 0. The van der Waals surface area contributed by atoms with Crippen LogP contribution in [0.2, 0.25) is 0 Å². The van der Waals surface area contributed by atoms with Crippen molar-refractivity contribution in [2.24, 2.45) is 0 Å². The zero-order valence-corrected chi connectivity index (χ0v) is 11.3.